The van der Waals surface area contributed by atoms with E-state index in [2.05, 4.69) is 4.72 Å². The van der Waals surface area contributed by atoms with Gasteiger partial charge in [0, 0.05) is 6.54 Å². The van der Waals surface area contributed by atoms with E-state index >= 15 is 0 Å². The van der Waals surface area contributed by atoms with Gasteiger partial charge in [-0.1, -0.05) is 17.7 Å². The number of fused-ring (bicyclic) bond motifs is 1. The van der Waals surface area contributed by atoms with Crippen molar-refractivity contribution < 1.29 is 31.1 Å². The minimum Gasteiger partial charge on any atom is -0.454 e. The minimum absolute atomic E-state index is 0.0193. The normalized spacial score (nSPS) is 13.8. The van der Waals surface area contributed by atoms with Crippen LogP contribution in [0.15, 0.2) is 41.3 Å². The van der Waals surface area contributed by atoms with Gasteiger partial charge in [0.25, 0.3) is 0 Å². The number of nitrogens with one attached hydrogen (secondary N) is 1. The number of hydrogen-bond donors (Lipinski definition) is 1. The highest BCUT2D eigenvalue weighted by Gasteiger charge is 2.32. The molecule has 5 nitrogen and oxygen atoms in total. The van der Waals surface area contributed by atoms with Crippen molar-refractivity contribution in [1.29, 1.82) is 0 Å². The summed E-state index contributed by atoms with van der Waals surface area (Å²) in [5, 5.41) is -0.284. The number of rotatable bonds is 5. The summed E-state index contributed by atoms with van der Waals surface area (Å²) in [6, 6.07) is 7.33. The smallest absolute Gasteiger partial charge is 0.416 e. The number of sulfonamides is 1. The van der Waals surface area contributed by atoms with E-state index in [0.717, 1.165) is 17.7 Å². The number of halogens is 4. The Kier molecular flexibility index (Phi) is 5.05. The third-order valence-corrected chi connectivity index (χ3v) is 5.63. The zero-order valence-electron chi connectivity index (χ0n) is 13.1. The predicted molar refractivity (Wildman–Crippen MR) is 87.9 cm³/mol. The molecule has 0 amide bonds. The molecule has 1 N–H and O–H groups in total. The van der Waals surface area contributed by atoms with E-state index in [4.69, 9.17) is 21.1 Å². The molecular weight excluding hydrogens is 395 g/mol. The van der Waals surface area contributed by atoms with Crippen LogP contribution in [-0.4, -0.2) is 21.8 Å². The average Bonchev–Trinajstić information content (AvgIpc) is 3.01. The summed E-state index contributed by atoms with van der Waals surface area (Å²) in [4.78, 5) is -0.611. The molecule has 0 aromatic heterocycles. The van der Waals surface area contributed by atoms with Gasteiger partial charge in [-0.05, 0) is 42.3 Å². The monoisotopic (exact) mass is 407 g/mol. The maximum atomic E-state index is 12.8. The standard InChI is InChI=1S/C16H13ClF3NO4S/c17-12-3-2-11(16(18,19)20)8-15(12)26(22,23)21-6-5-10-1-4-13-14(7-10)25-9-24-13/h1-4,7-8,21H,5-6,9H2. The van der Waals surface area contributed by atoms with E-state index in [1.54, 1.807) is 18.2 Å². The van der Waals surface area contributed by atoms with Crippen LogP contribution < -0.4 is 14.2 Å². The highest BCUT2D eigenvalue weighted by Crippen LogP contribution is 2.34. The predicted octanol–water partition coefficient (Wildman–Crippen LogP) is 3.61. The molecule has 0 fully saturated rings. The molecule has 2 aromatic rings. The fourth-order valence-corrected chi connectivity index (χ4v) is 3.94. The van der Waals surface area contributed by atoms with E-state index in [1.165, 1.54) is 0 Å². The molecule has 1 heterocycles. The second-order valence-corrected chi connectivity index (χ2v) is 7.62. The highest BCUT2D eigenvalue weighted by atomic mass is 35.5. The van der Waals surface area contributed by atoms with Crippen LogP contribution in [0.3, 0.4) is 0 Å². The van der Waals surface area contributed by atoms with Crippen LogP contribution in [0, 0.1) is 0 Å². The lowest BCUT2D eigenvalue weighted by atomic mass is 10.1. The summed E-state index contributed by atoms with van der Waals surface area (Å²) in [5.41, 5.74) is -0.301. The van der Waals surface area contributed by atoms with Gasteiger partial charge in [0.1, 0.15) is 4.90 Å². The fraction of sp³-hybridized carbons (Fsp3) is 0.250. The van der Waals surface area contributed by atoms with Gasteiger partial charge in [0.15, 0.2) is 11.5 Å². The van der Waals surface area contributed by atoms with Gasteiger partial charge in [-0.15, -0.1) is 0 Å². The number of ether oxygens (including phenoxy) is 2. The molecule has 1 aliphatic rings. The lowest BCUT2D eigenvalue weighted by molar-refractivity contribution is -0.137. The maximum absolute atomic E-state index is 12.8. The molecular formula is C16H13ClF3NO4S. The first kappa shape index (κ1) is 18.8. The van der Waals surface area contributed by atoms with E-state index < -0.39 is 26.7 Å². The molecule has 0 aliphatic carbocycles. The third kappa shape index (κ3) is 4.05. The molecule has 140 valence electrons. The van der Waals surface area contributed by atoms with Crippen LogP contribution in [0.1, 0.15) is 11.1 Å². The first-order valence-electron chi connectivity index (χ1n) is 7.42. The van der Waals surface area contributed by atoms with Gasteiger partial charge in [-0.3, -0.25) is 0 Å². The second kappa shape index (κ2) is 6.98. The lowest BCUT2D eigenvalue weighted by Crippen LogP contribution is -2.26. The molecule has 2 aromatic carbocycles. The molecule has 0 saturated carbocycles. The summed E-state index contributed by atoms with van der Waals surface area (Å²) >= 11 is 5.77. The Morgan fingerprint density at radius 1 is 1.08 bits per heavy atom. The van der Waals surface area contributed by atoms with Crippen LogP contribution in [-0.2, 0) is 22.6 Å². The molecule has 10 heteroatoms. The second-order valence-electron chi connectivity index (χ2n) is 5.48. The Bertz CT molecular complexity index is 932. The van der Waals surface area contributed by atoms with Crippen molar-refractivity contribution in [1.82, 2.24) is 4.72 Å². The number of hydrogen-bond acceptors (Lipinski definition) is 4. The quantitative estimate of drug-likeness (QED) is 0.822. The van der Waals surface area contributed by atoms with Crippen LogP contribution in [0.2, 0.25) is 5.02 Å². The molecule has 0 atom stereocenters. The molecule has 26 heavy (non-hydrogen) atoms. The molecule has 1 aliphatic heterocycles. The summed E-state index contributed by atoms with van der Waals surface area (Å²) < 4.78 is 75.6. The Hall–Kier alpha value is -1.97. The van der Waals surface area contributed by atoms with Crippen LogP contribution >= 0.6 is 11.6 Å². The Labute approximate surface area is 152 Å². The molecule has 0 spiro atoms. The van der Waals surface area contributed by atoms with Gasteiger partial charge in [0.05, 0.1) is 10.6 Å². The summed E-state index contributed by atoms with van der Waals surface area (Å²) in [6.45, 7) is 0.105. The minimum atomic E-state index is -4.67. The van der Waals surface area contributed by atoms with Crippen LogP contribution in [0.4, 0.5) is 13.2 Å². The number of alkyl halides is 3. The lowest BCUT2D eigenvalue weighted by Gasteiger charge is -2.12. The average molecular weight is 408 g/mol. The van der Waals surface area contributed by atoms with Gasteiger partial charge in [0.2, 0.25) is 16.8 Å². The summed E-state index contributed by atoms with van der Waals surface area (Å²) in [5.74, 6) is 1.16. The van der Waals surface area contributed by atoms with Crippen molar-refractivity contribution in [2.24, 2.45) is 0 Å². The largest absolute Gasteiger partial charge is 0.454 e. The van der Waals surface area contributed by atoms with E-state index in [0.29, 0.717) is 24.0 Å². The zero-order valence-corrected chi connectivity index (χ0v) is 14.7. The molecule has 0 radical (unpaired) electrons. The topological polar surface area (TPSA) is 64.6 Å². The maximum Gasteiger partial charge on any atom is 0.416 e. The fourth-order valence-electron chi connectivity index (χ4n) is 2.39. The van der Waals surface area contributed by atoms with Crippen molar-refractivity contribution in [3.05, 3.63) is 52.5 Å². The molecule has 0 bridgehead atoms. The first-order valence-corrected chi connectivity index (χ1v) is 9.28. The molecule has 0 unspecified atom stereocenters. The SMILES string of the molecule is O=S(=O)(NCCc1ccc2c(c1)OCO2)c1cc(C(F)(F)F)ccc1Cl. The van der Waals surface area contributed by atoms with Crippen molar-refractivity contribution in [3.63, 3.8) is 0 Å². The van der Waals surface area contributed by atoms with Crippen molar-refractivity contribution in [3.8, 4) is 11.5 Å². The zero-order chi connectivity index (χ0) is 18.9. The van der Waals surface area contributed by atoms with E-state index in [-0.39, 0.29) is 18.4 Å². The van der Waals surface area contributed by atoms with E-state index in [9.17, 15) is 21.6 Å². The number of benzene rings is 2. The first-order chi connectivity index (χ1) is 12.2. The Balaban J connectivity index is 1.71. The van der Waals surface area contributed by atoms with Crippen LogP contribution in [0.5, 0.6) is 11.5 Å². The summed E-state index contributed by atoms with van der Waals surface area (Å²) in [7, 11) is -4.19. The summed E-state index contributed by atoms with van der Waals surface area (Å²) in [6.07, 6.45) is -4.35. The van der Waals surface area contributed by atoms with Gasteiger partial charge < -0.3 is 9.47 Å². The highest BCUT2D eigenvalue weighted by molar-refractivity contribution is 7.89. The van der Waals surface area contributed by atoms with E-state index in [1.807, 2.05) is 0 Å². The Morgan fingerprint density at radius 2 is 1.81 bits per heavy atom. The van der Waals surface area contributed by atoms with Crippen molar-refractivity contribution in [2.45, 2.75) is 17.5 Å². The molecule has 0 saturated heterocycles. The van der Waals surface area contributed by atoms with Gasteiger partial charge in [-0.25, -0.2) is 13.1 Å². The third-order valence-electron chi connectivity index (χ3n) is 3.69. The van der Waals surface area contributed by atoms with Crippen LogP contribution in [0.25, 0.3) is 0 Å². The van der Waals surface area contributed by atoms with Crippen molar-refractivity contribution in [2.75, 3.05) is 13.3 Å². The van der Waals surface area contributed by atoms with Gasteiger partial charge >= 0.3 is 6.18 Å². The van der Waals surface area contributed by atoms with Gasteiger partial charge in [-0.2, -0.15) is 13.2 Å². The van der Waals surface area contributed by atoms with Crippen molar-refractivity contribution >= 4 is 21.6 Å². The molecule has 3 rings (SSSR count). The Morgan fingerprint density at radius 3 is 2.54 bits per heavy atom.